The molecule has 0 amide bonds. The van der Waals surface area contributed by atoms with Crippen LogP contribution in [0.1, 0.15) is 68.2 Å². The Bertz CT molecular complexity index is 375. The van der Waals surface area contributed by atoms with Crippen LogP contribution in [0.25, 0.3) is 0 Å². The van der Waals surface area contributed by atoms with Gasteiger partial charge in [0.2, 0.25) is 0 Å². The molecule has 0 aromatic rings. The van der Waals surface area contributed by atoms with Crippen LogP contribution in [0.15, 0.2) is 18.1 Å². The van der Waals surface area contributed by atoms with Gasteiger partial charge < -0.3 is 0 Å². The summed E-state index contributed by atoms with van der Waals surface area (Å²) in [6, 6.07) is 0. The Labute approximate surface area is 153 Å². The third-order valence-corrected chi connectivity index (χ3v) is 19.1. The van der Waals surface area contributed by atoms with Crippen molar-refractivity contribution < 1.29 is 0 Å². The fraction of sp³-hybridized carbons (Fsp3) is 0.800. The van der Waals surface area contributed by atoms with Crippen LogP contribution in [-0.4, -0.2) is 31.8 Å². The van der Waals surface area contributed by atoms with Crippen LogP contribution in [0.2, 0.25) is 35.2 Å². The molecule has 0 radical (unpaired) electrons. The SMILES string of the molecule is CCB(CC)/C(CC)=[C](/C)[Sn]([CH3])([CH3])/[C](C)=C(/CC)B(CC)CC. The maximum absolute atomic E-state index is 2.66. The van der Waals surface area contributed by atoms with Gasteiger partial charge in [-0.15, -0.1) is 0 Å². The number of allylic oxidation sites excluding steroid dienone is 4. The fourth-order valence-electron chi connectivity index (χ4n) is 4.37. The number of rotatable bonds is 10. The summed E-state index contributed by atoms with van der Waals surface area (Å²) in [5.74, 6) is 0. The van der Waals surface area contributed by atoms with Gasteiger partial charge >= 0.3 is 153 Å². The van der Waals surface area contributed by atoms with Crippen molar-refractivity contribution >= 4 is 31.8 Å². The van der Waals surface area contributed by atoms with Crippen molar-refractivity contribution in [3.05, 3.63) is 18.1 Å². The molecular weight excluding hydrogens is 381 g/mol. The minimum absolute atomic E-state index is 0.807. The van der Waals surface area contributed by atoms with Crippen molar-refractivity contribution in [2.45, 2.75) is 103 Å². The van der Waals surface area contributed by atoms with E-state index in [4.69, 9.17) is 0 Å². The van der Waals surface area contributed by atoms with Gasteiger partial charge in [-0.2, -0.15) is 0 Å². The second kappa shape index (κ2) is 11.1. The van der Waals surface area contributed by atoms with E-state index in [0.717, 1.165) is 13.4 Å². The van der Waals surface area contributed by atoms with E-state index in [-0.39, 0.29) is 0 Å². The van der Waals surface area contributed by atoms with Gasteiger partial charge in [0.15, 0.2) is 0 Å². The van der Waals surface area contributed by atoms with Gasteiger partial charge in [0.05, 0.1) is 0 Å². The topological polar surface area (TPSA) is 0 Å². The zero-order chi connectivity index (χ0) is 18.2. The van der Waals surface area contributed by atoms with Crippen LogP contribution in [0.3, 0.4) is 0 Å². The molecule has 0 aliphatic rings. The van der Waals surface area contributed by atoms with Crippen molar-refractivity contribution in [2.24, 2.45) is 0 Å². The summed E-state index contributed by atoms with van der Waals surface area (Å²) in [4.78, 5) is 5.32. The zero-order valence-electron chi connectivity index (χ0n) is 17.9. The molecule has 0 nitrogen and oxygen atoms in total. The van der Waals surface area contributed by atoms with Crippen LogP contribution in [0.5, 0.6) is 0 Å². The molecule has 0 N–H and O–H groups in total. The third kappa shape index (κ3) is 5.72. The van der Waals surface area contributed by atoms with Gasteiger partial charge in [-0.1, -0.05) is 0 Å². The molecule has 0 spiro atoms. The van der Waals surface area contributed by atoms with E-state index in [2.05, 4.69) is 65.3 Å². The molecule has 0 saturated heterocycles. The summed E-state index contributed by atoms with van der Waals surface area (Å²) < 4.78 is 3.68. The van der Waals surface area contributed by atoms with E-state index in [1.54, 1.807) is 10.9 Å². The Morgan fingerprint density at radius 2 is 0.870 bits per heavy atom. The van der Waals surface area contributed by atoms with Crippen molar-refractivity contribution in [3.8, 4) is 0 Å². The standard InChI is InChI=1S/2C9H18B.2CH3.Sn/c2*1-5-9(6-2)10(7-3)8-4;;;/h2*5,7-8H2,1-4H3;2*1H3;. The monoisotopic (exact) mass is 424 g/mol. The first-order chi connectivity index (χ1) is 10.8. The second-order valence-electron chi connectivity index (χ2n) is 7.66. The van der Waals surface area contributed by atoms with Crippen LogP contribution < -0.4 is 0 Å². The van der Waals surface area contributed by atoms with E-state index < -0.39 is 18.4 Å². The van der Waals surface area contributed by atoms with Gasteiger partial charge in [-0.25, -0.2) is 0 Å². The van der Waals surface area contributed by atoms with Crippen LogP contribution in [0.4, 0.5) is 0 Å². The molecule has 0 rings (SSSR count). The molecule has 0 aliphatic heterocycles. The average Bonchev–Trinajstić information content (AvgIpc) is 2.55. The first-order valence-electron chi connectivity index (χ1n) is 10.2. The molecule has 0 bridgehead atoms. The Kier molecular flexibility index (Phi) is 11.3. The average molecular weight is 423 g/mol. The van der Waals surface area contributed by atoms with E-state index in [1.807, 2.05) is 7.18 Å². The predicted molar refractivity (Wildman–Crippen MR) is 117 cm³/mol. The van der Waals surface area contributed by atoms with Gasteiger partial charge in [0, 0.05) is 0 Å². The van der Waals surface area contributed by atoms with Crippen molar-refractivity contribution in [1.82, 2.24) is 0 Å². The number of hydrogen-bond acceptors (Lipinski definition) is 0. The van der Waals surface area contributed by atoms with Gasteiger partial charge in [-0.05, 0) is 0 Å². The first kappa shape index (κ1) is 23.4. The predicted octanol–water partition coefficient (Wildman–Crippen LogP) is 7.37. The molecule has 0 aliphatic carbocycles. The van der Waals surface area contributed by atoms with E-state index in [9.17, 15) is 0 Å². The van der Waals surface area contributed by atoms with E-state index in [1.165, 1.54) is 38.1 Å². The van der Waals surface area contributed by atoms with Gasteiger partial charge in [-0.3, -0.25) is 0 Å². The summed E-state index contributed by atoms with van der Waals surface area (Å²) >= 11 is -2.38. The summed E-state index contributed by atoms with van der Waals surface area (Å²) in [5.41, 5.74) is 3.60. The van der Waals surface area contributed by atoms with Gasteiger partial charge in [0.1, 0.15) is 0 Å². The molecule has 23 heavy (non-hydrogen) atoms. The Hall–Kier alpha value is 0.409. The summed E-state index contributed by atoms with van der Waals surface area (Å²) in [6.45, 7) is 20.8. The van der Waals surface area contributed by atoms with E-state index in [0.29, 0.717) is 0 Å². The zero-order valence-corrected chi connectivity index (χ0v) is 20.8. The Balaban J connectivity index is 6.09. The van der Waals surface area contributed by atoms with E-state index >= 15 is 0 Å². The second-order valence-corrected chi connectivity index (χ2v) is 21.2. The van der Waals surface area contributed by atoms with Crippen LogP contribution in [0, 0.1) is 0 Å². The molecule has 132 valence electrons. The third-order valence-electron chi connectivity index (χ3n) is 6.56. The van der Waals surface area contributed by atoms with Crippen LogP contribution in [-0.2, 0) is 0 Å². The summed E-state index contributed by atoms with van der Waals surface area (Å²) in [7, 11) is 0. The van der Waals surface area contributed by atoms with Crippen molar-refractivity contribution in [2.75, 3.05) is 0 Å². The Morgan fingerprint density at radius 3 is 1.04 bits per heavy atom. The summed E-state index contributed by atoms with van der Waals surface area (Å²) in [6.07, 6.45) is 7.70. The molecule has 3 heteroatoms. The molecule has 0 fully saturated rings. The minimum atomic E-state index is -2.38. The Morgan fingerprint density at radius 1 is 0.609 bits per heavy atom. The molecule has 0 unspecified atom stereocenters. The van der Waals surface area contributed by atoms with Crippen molar-refractivity contribution in [1.29, 1.82) is 0 Å². The molecule has 0 aromatic carbocycles. The van der Waals surface area contributed by atoms with Crippen LogP contribution >= 0.6 is 0 Å². The molecule has 0 heterocycles. The maximum atomic E-state index is 2.66. The summed E-state index contributed by atoms with van der Waals surface area (Å²) in [5, 5.41) is 0. The molecule has 0 aromatic heterocycles. The van der Waals surface area contributed by atoms with Gasteiger partial charge in [0.25, 0.3) is 0 Å². The van der Waals surface area contributed by atoms with Crippen molar-refractivity contribution in [3.63, 3.8) is 0 Å². The molecular formula is C20H42B2Sn. The quantitative estimate of drug-likeness (QED) is 0.322. The normalized spacial score (nSPS) is 14.3. The fourth-order valence-corrected chi connectivity index (χ4v) is 12.7. The molecule has 0 saturated carbocycles. The molecule has 0 atom stereocenters. The number of hydrogen-bond donors (Lipinski definition) is 0. The first-order valence-corrected chi connectivity index (χ1v) is 18.7.